The fourth-order valence-electron chi connectivity index (χ4n) is 7.45. The van der Waals surface area contributed by atoms with Crippen LogP contribution in [0.25, 0.3) is 66.3 Å². The third kappa shape index (κ3) is 3.74. The summed E-state index contributed by atoms with van der Waals surface area (Å²) in [4.78, 5) is 12.6. The Bertz CT molecular complexity index is 2540. The number of benzene rings is 6. The second-order valence-electron chi connectivity index (χ2n) is 12.1. The van der Waals surface area contributed by atoms with Crippen LogP contribution < -0.4 is 4.90 Å². The van der Waals surface area contributed by atoms with Gasteiger partial charge < -0.3 is 9.32 Å². The lowest BCUT2D eigenvalue weighted by atomic mass is 9.90. The van der Waals surface area contributed by atoms with Gasteiger partial charge in [0.05, 0.1) is 28.5 Å². The Hall–Kier alpha value is -6.00. The lowest BCUT2D eigenvalue weighted by molar-refractivity contribution is 0.669. The number of rotatable bonds is 3. The van der Waals surface area contributed by atoms with E-state index < -0.39 is 0 Å². The number of fused-ring (bicyclic) bond motifs is 9. The molecule has 2 aromatic heterocycles. The van der Waals surface area contributed by atoms with Crippen molar-refractivity contribution in [1.29, 1.82) is 0 Å². The molecule has 0 saturated carbocycles. The number of allylic oxidation sites excluding steroid dienone is 2. The average molecular weight is 590 g/mol. The summed E-state index contributed by atoms with van der Waals surface area (Å²) in [5.74, 6) is 0.250. The van der Waals surface area contributed by atoms with Gasteiger partial charge in [-0.05, 0) is 52.7 Å². The van der Waals surface area contributed by atoms with Gasteiger partial charge >= 0.3 is 0 Å². The van der Waals surface area contributed by atoms with E-state index in [-0.39, 0.29) is 12.0 Å². The van der Waals surface area contributed by atoms with Crippen LogP contribution in [0.1, 0.15) is 11.5 Å². The molecule has 216 valence electrons. The molecule has 46 heavy (non-hydrogen) atoms. The molecule has 3 heterocycles. The largest absolute Gasteiger partial charge is 0.456 e. The van der Waals surface area contributed by atoms with Crippen molar-refractivity contribution in [3.8, 4) is 22.5 Å². The third-order valence-electron chi connectivity index (χ3n) is 9.57. The van der Waals surface area contributed by atoms with Crippen LogP contribution in [-0.2, 0) is 0 Å². The Morgan fingerprint density at radius 1 is 0.565 bits per heavy atom. The van der Waals surface area contributed by atoms with Gasteiger partial charge in [-0.15, -0.1) is 0 Å². The molecule has 0 spiro atoms. The molecule has 0 saturated heterocycles. The smallest absolute Gasteiger partial charge is 0.137 e. The van der Waals surface area contributed by atoms with E-state index in [0.29, 0.717) is 0 Å². The number of hydrogen-bond acceptors (Lipinski definition) is 4. The minimum absolute atomic E-state index is 0.181. The third-order valence-corrected chi connectivity index (χ3v) is 9.57. The van der Waals surface area contributed by atoms with Crippen molar-refractivity contribution < 1.29 is 4.42 Å². The van der Waals surface area contributed by atoms with E-state index >= 15 is 0 Å². The summed E-state index contributed by atoms with van der Waals surface area (Å²) in [5.41, 5.74) is 11.1. The maximum Gasteiger partial charge on any atom is 0.137 e. The molecular weight excluding hydrogens is 562 g/mol. The van der Waals surface area contributed by atoms with E-state index in [0.717, 1.165) is 50.4 Å². The molecule has 4 nitrogen and oxygen atoms in total. The van der Waals surface area contributed by atoms with Crippen molar-refractivity contribution in [3.05, 3.63) is 157 Å². The highest BCUT2D eigenvalue weighted by Gasteiger charge is 2.38. The first-order valence-electron chi connectivity index (χ1n) is 15.7. The van der Waals surface area contributed by atoms with Crippen LogP contribution in [-0.4, -0.2) is 16.0 Å². The zero-order valence-electron chi connectivity index (χ0n) is 24.8. The summed E-state index contributed by atoms with van der Waals surface area (Å²) in [6.45, 7) is 0. The highest BCUT2D eigenvalue weighted by Crippen LogP contribution is 2.50. The average Bonchev–Trinajstić information content (AvgIpc) is 3.65. The molecule has 2 atom stereocenters. The van der Waals surface area contributed by atoms with Crippen LogP contribution >= 0.6 is 0 Å². The summed E-state index contributed by atoms with van der Waals surface area (Å²) in [5, 5.41) is 4.82. The van der Waals surface area contributed by atoms with E-state index in [1.165, 1.54) is 32.8 Å². The van der Waals surface area contributed by atoms with Crippen LogP contribution in [0.15, 0.2) is 156 Å². The minimum Gasteiger partial charge on any atom is -0.456 e. The lowest BCUT2D eigenvalue weighted by Gasteiger charge is -2.28. The SMILES string of the molecule is C1=CC2c3cc4c(cc3N(c3ccc(-c5nc6ccccc6nc5-c5ccccc5)cc3)C2C=C1)oc1ccc2ccccc2c14. The highest BCUT2D eigenvalue weighted by molar-refractivity contribution is 6.19. The van der Waals surface area contributed by atoms with Crippen molar-refractivity contribution in [1.82, 2.24) is 9.97 Å². The van der Waals surface area contributed by atoms with Crippen LogP contribution in [0.5, 0.6) is 0 Å². The number of nitrogens with zero attached hydrogens (tertiary/aromatic N) is 3. The number of para-hydroxylation sites is 2. The predicted molar refractivity (Wildman–Crippen MR) is 189 cm³/mol. The van der Waals surface area contributed by atoms with Gasteiger partial charge in [0.15, 0.2) is 0 Å². The predicted octanol–water partition coefficient (Wildman–Crippen LogP) is 10.7. The van der Waals surface area contributed by atoms with E-state index in [1.807, 2.05) is 42.5 Å². The number of anilines is 2. The molecular formula is C42H27N3O. The molecule has 8 aromatic rings. The van der Waals surface area contributed by atoms with Gasteiger partial charge in [0, 0.05) is 45.3 Å². The van der Waals surface area contributed by atoms with Gasteiger partial charge in [0.1, 0.15) is 11.2 Å². The van der Waals surface area contributed by atoms with Crippen molar-refractivity contribution in [3.63, 3.8) is 0 Å². The van der Waals surface area contributed by atoms with Crippen molar-refractivity contribution >= 4 is 55.1 Å². The van der Waals surface area contributed by atoms with Gasteiger partial charge in [-0.25, -0.2) is 9.97 Å². The van der Waals surface area contributed by atoms with Crippen LogP contribution in [0.2, 0.25) is 0 Å². The molecule has 0 radical (unpaired) electrons. The topological polar surface area (TPSA) is 42.2 Å². The second kappa shape index (κ2) is 9.75. The molecule has 4 heteroatoms. The van der Waals surface area contributed by atoms with E-state index in [1.54, 1.807) is 0 Å². The molecule has 2 unspecified atom stereocenters. The first-order chi connectivity index (χ1) is 22.8. The Kier molecular flexibility index (Phi) is 5.37. The monoisotopic (exact) mass is 589 g/mol. The van der Waals surface area contributed by atoms with E-state index in [4.69, 9.17) is 14.4 Å². The summed E-state index contributed by atoms with van der Waals surface area (Å²) < 4.78 is 6.51. The Morgan fingerprint density at radius 3 is 2.07 bits per heavy atom. The summed E-state index contributed by atoms with van der Waals surface area (Å²) >= 11 is 0. The van der Waals surface area contributed by atoms with Gasteiger partial charge in [-0.1, -0.05) is 109 Å². The molecule has 0 amide bonds. The number of hydrogen-bond donors (Lipinski definition) is 0. The fraction of sp³-hybridized carbons (Fsp3) is 0.0476. The number of furan rings is 1. The maximum absolute atomic E-state index is 6.51. The van der Waals surface area contributed by atoms with Gasteiger partial charge in [0.2, 0.25) is 0 Å². The first-order valence-corrected chi connectivity index (χ1v) is 15.7. The standard InChI is InChI=1S/C42H27N3O/c1-2-11-27(12-3-1)41-42(44-35-16-8-7-15-34(35)43-41)28-18-21-29(22-19-28)45-36-17-9-6-14-31(36)32-24-33-39(25-37(32)45)46-38-23-20-26-10-4-5-13-30(26)40(33)38/h1-25,31,36H. The normalized spacial score (nSPS) is 16.9. The number of aromatic nitrogens is 2. The molecule has 1 aliphatic heterocycles. The van der Waals surface area contributed by atoms with Crippen LogP contribution in [0.4, 0.5) is 11.4 Å². The van der Waals surface area contributed by atoms with Crippen LogP contribution in [0.3, 0.4) is 0 Å². The Balaban J connectivity index is 1.12. The molecule has 0 fully saturated rings. The molecule has 2 aliphatic rings. The minimum atomic E-state index is 0.181. The maximum atomic E-state index is 6.51. The van der Waals surface area contributed by atoms with Gasteiger partial charge in [0.25, 0.3) is 0 Å². The molecule has 0 bridgehead atoms. The summed E-state index contributed by atoms with van der Waals surface area (Å²) in [6.07, 6.45) is 8.99. The molecule has 1 aliphatic carbocycles. The Morgan fingerprint density at radius 2 is 1.26 bits per heavy atom. The summed E-state index contributed by atoms with van der Waals surface area (Å²) in [6, 6.07) is 44.8. The van der Waals surface area contributed by atoms with Gasteiger partial charge in [-0.2, -0.15) is 0 Å². The quantitative estimate of drug-likeness (QED) is 0.206. The zero-order chi connectivity index (χ0) is 30.2. The molecule has 6 aromatic carbocycles. The fourth-order valence-corrected chi connectivity index (χ4v) is 7.45. The van der Waals surface area contributed by atoms with Gasteiger partial charge in [-0.3, -0.25) is 0 Å². The highest BCUT2D eigenvalue weighted by atomic mass is 16.3. The van der Waals surface area contributed by atoms with Crippen molar-refractivity contribution in [2.75, 3.05) is 4.90 Å². The first kappa shape index (κ1) is 25.3. The van der Waals surface area contributed by atoms with Crippen molar-refractivity contribution in [2.24, 2.45) is 0 Å². The van der Waals surface area contributed by atoms with E-state index in [9.17, 15) is 0 Å². The summed E-state index contributed by atoms with van der Waals surface area (Å²) in [7, 11) is 0. The lowest BCUT2D eigenvalue weighted by Crippen LogP contribution is -2.28. The molecule has 10 rings (SSSR count). The van der Waals surface area contributed by atoms with Crippen LogP contribution in [0, 0.1) is 0 Å². The Labute approximate surface area is 265 Å². The van der Waals surface area contributed by atoms with E-state index in [2.05, 4.69) is 114 Å². The second-order valence-corrected chi connectivity index (χ2v) is 12.1. The molecule has 0 N–H and O–H groups in total. The van der Waals surface area contributed by atoms with Crippen molar-refractivity contribution in [2.45, 2.75) is 12.0 Å². The zero-order valence-corrected chi connectivity index (χ0v) is 24.8.